The number of hydrogen-bond acceptors (Lipinski definition) is 7. The SMILES string of the molecule is COc1cccc(-c2nc(COc3cc([N+](=O)[O-])ccc3OC)cs2)c1. The average Bonchev–Trinajstić information content (AvgIpc) is 3.15. The molecule has 0 saturated carbocycles. The van der Waals surface area contributed by atoms with Gasteiger partial charge in [0.25, 0.3) is 5.69 Å². The molecule has 0 fully saturated rings. The van der Waals surface area contributed by atoms with E-state index >= 15 is 0 Å². The van der Waals surface area contributed by atoms with Gasteiger partial charge < -0.3 is 14.2 Å². The quantitative estimate of drug-likeness (QED) is 0.454. The first kappa shape index (κ1) is 17.7. The molecule has 26 heavy (non-hydrogen) atoms. The zero-order valence-corrected chi connectivity index (χ0v) is 15.0. The summed E-state index contributed by atoms with van der Waals surface area (Å²) in [5.41, 5.74) is 1.62. The van der Waals surface area contributed by atoms with Gasteiger partial charge in [-0.05, 0) is 18.2 Å². The van der Waals surface area contributed by atoms with Gasteiger partial charge >= 0.3 is 0 Å². The molecule has 0 amide bonds. The van der Waals surface area contributed by atoms with E-state index in [1.165, 1.54) is 36.6 Å². The molecule has 8 heteroatoms. The lowest BCUT2D eigenvalue weighted by Crippen LogP contribution is -1.99. The van der Waals surface area contributed by atoms with Crippen LogP contribution in [0.3, 0.4) is 0 Å². The number of non-ortho nitro benzene ring substituents is 1. The Morgan fingerprint density at radius 1 is 1.12 bits per heavy atom. The molecule has 1 heterocycles. The normalized spacial score (nSPS) is 10.4. The zero-order chi connectivity index (χ0) is 18.5. The van der Waals surface area contributed by atoms with Crippen LogP contribution in [0, 0.1) is 10.1 Å². The summed E-state index contributed by atoms with van der Waals surface area (Å²) in [6.45, 7) is 0.179. The molecule has 0 aliphatic carbocycles. The second-order valence-electron chi connectivity index (χ2n) is 5.26. The fraction of sp³-hybridized carbons (Fsp3) is 0.167. The van der Waals surface area contributed by atoms with Crippen molar-refractivity contribution in [2.24, 2.45) is 0 Å². The van der Waals surface area contributed by atoms with Crippen LogP contribution in [-0.2, 0) is 6.61 Å². The standard InChI is InChI=1S/C18H16N2O5S/c1-23-15-5-3-4-12(8-15)18-19-13(11-26-18)10-25-17-9-14(20(21)22)6-7-16(17)24-2/h3-9,11H,10H2,1-2H3. The monoisotopic (exact) mass is 372 g/mol. The van der Waals surface area contributed by atoms with Crippen molar-refractivity contribution in [1.29, 1.82) is 0 Å². The molecule has 0 saturated heterocycles. The lowest BCUT2D eigenvalue weighted by Gasteiger charge is -2.09. The maximum atomic E-state index is 10.9. The highest BCUT2D eigenvalue weighted by Gasteiger charge is 2.13. The molecule has 0 aliphatic rings. The van der Waals surface area contributed by atoms with Crippen molar-refractivity contribution in [2.75, 3.05) is 14.2 Å². The van der Waals surface area contributed by atoms with Crippen molar-refractivity contribution in [3.63, 3.8) is 0 Å². The van der Waals surface area contributed by atoms with Gasteiger partial charge in [0.05, 0.1) is 30.9 Å². The third kappa shape index (κ3) is 3.92. The molecule has 3 aromatic rings. The van der Waals surface area contributed by atoms with Crippen LogP contribution < -0.4 is 14.2 Å². The average molecular weight is 372 g/mol. The van der Waals surface area contributed by atoms with Gasteiger partial charge in [0.2, 0.25) is 0 Å². The number of nitro groups is 1. The number of rotatable bonds is 7. The third-order valence-corrected chi connectivity index (χ3v) is 4.54. The van der Waals surface area contributed by atoms with Gasteiger partial charge in [-0.2, -0.15) is 0 Å². The Labute approximate surface area is 153 Å². The maximum absolute atomic E-state index is 10.9. The van der Waals surface area contributed by atoms with Crippen LogP contribution in [0.25, 0.3) is 10.6 Å². The Hall–Kier alpha value is -3.13. The van der Waals surface area contributed by atoms with E-state index in [0.29, 0.717) is 11.5 Å². The number of benzene rings is 2. The van der Waals surface area contributed by atoms with Crippen molar-refractivity contribution in [3.05, 3.63) is 63.7 Å². The Kier molecular flexibility index (Phi) is 5.33. The predicted octanol–water partition coefficient (Wildman–Crippen LogP) is 4.31. The fourth-order valence-electron chi connectivity index (χ4n) is 2.31. The molecule has 0 unspecified atom stereocenters. The summed E-state index contributed by atoms with van der Waals surface area (Å²) in [7, 11) is 3.10. The van der Waals surface area contributed by atoms with Crippen LogP contribution in [0.5, 0.6) is 17.2 Å². The Bertz CT molecular complexity index is 925. The molecule has 2 aromatic carbocycles. The minimum atomic E-state index is -0.476. The number of thiazole rings is 1. The molecule has 1 aromatic heterocycles. The largest absolute Gasteiger partial charge is 0.497 e. The van der Waals surface area contributed by atoms with Crippen LogP contribution in [0.2, 0.25) is 0 Å². The topological polar surface area (TPSA) is 83.7 Å². The lowest BCUT2D eigenvalue weighted by atomic mass is 10.2. The molecule has 7 nitrogen and oxygen atoms in total. The summed E-state index contributed by atoms with van der Waals surface area (Å²) in [6.07, 6.45) is 0. The molecule has 0 radical (unpaired) electrons. The van der Waals surface area contributed by atoms with E-state index in [0.717, 1.165) is 22.0 Å². The number of nitro benzene ring substituents is 1. The van der Waals surface area contributed by atoms with E-state index in [2.05, 4.69) is 4.98 Å². The summed E-state index contributed by atoms with van der Waals surface area (Å²) in [5, 5.41) is 13.7. The van der Waals surface area contributed by atoms with Gasteiger partial charge in [0.15, 0.2) is 11.5 Å². The Balaban J connectivity index is 1.76. The number of nitrogens with zero attached hydrogens (tertiary/aromatic N) is 2. The highest BCUT2D eigenvalue weighted by molar-refractivity contribution is 7.13. The molecule has 0 aliphatic heterocycles. The van der Waals surface area contributed by atoms with Crippen LogP contribution in [0.1, 0.15) is 5.69 Å². The molecule has 0 bridgehead atoms. The number of hydrogen-bond donors (Lipinski definition) is 0. The smallest absolute Gasteiger partial charge is 0.273 e. The van der Waals surface area contributed by atoms with Gasteiger partial charge in [-0.15, -0.1) is 11.3 Å². The van der Waals surface area contributed by atoms with E-state index in [9.17, 15) is 10.1 Å². The first-order valence-corrected chi connectivity index (χ1v) is 8.52. The van der Waals surface area contributed by atoms with Crippen LogP contribution >= 0.6 is 11.3 Å². The highest BCUT2D eigenvalue weighted by atomic mass is 32.1. The summed E-state index contributed by atoms with van der Waals surface area (Å²) < 4.78 is 16.1. The molecule has 0 atom stereocenters. The van der Waals surface area contributed by atoms with Gasteiger partial charge in [0, 0.05) is 17.0 Å². The molecule has 3 rings (SSSR count). The van der Waals surface area contributed by atoms with Crippen LogP contribution in [-0.4, -0.2) is 24.1 Å². The van der Waals surface area contributed by atoms with Crippen molar-refractivity contribution < 1.29 is 19.1 Å². The maximum Gasteiger partial charge on any atom is 0.273 e. The fourth-order valence-corrected chi connectivity index (χ4v) is 3.11. The van der Waals surface area contributed by atoms with Gasteiger partial charge in [-0.3, -0.25) is 10.1 Å². The summed E-state index contributed by atoms with van der Waals surface area (Å²) in [5.74, 6) is 1.49. The van der Waals surface area contributed by atoms with Crippen LogP contribution in [0.4, 0.5) is 5.69 Å². The Morgan fingerprint density at radius 2 is 1.96 bits per heavy atom. The van der Waals surface area contributed by atoms with Crippen molar-refractivity contribution in [1.82, 2.24) is 4.98 Å². The van der Waals surface area contributed by atoms with Crippen molar-refractivity contribution in [3.8, 4) is 27.8 Å². The van der Waals surface area contributed by atoms with Crippen molar-refractivity contribution in [2.45, 2.75) is 6.61 Å². The first-order valence-electron chi connectivity index (χ1n) is 7.64. The Morgan fingerprint density at radius 3 is 2.69 bits per heavy atom. The predicted molar refractivity (Wildman–Crippen MR) is 98.1 cm³/mol. The molecule has 0 spiro atoms. The van der Waals surface area contributed by atoms with Gasteiger partial charge in [0.1, 0.15) is 17.4 Å². The van der Waals surface area contributed by atoms with E-state index < -0.39 is 4.92 Å². The summed E-state index contributed by atoms with van der Waals surface area (Å²) >= 11 is 1.49. The first-order chi connectivity index (χ1) is 12.6. The lowest BCUT2D eigenvalue weighted by molar-refractivity contribution is -0.385. The molecule has 0 N–H and O–H groups in total. The minimum Gasteiger partial charge on any atom is -0.497 e. The molecular weight excluding hydrogens is 356 g/mol. The van der Waals surface area contributed by atoms with Gasteiger partial charge in [-0.25, -0.2) is 4.98 Å². The highest BCUT2D eigenvalue weighted by Crippen LogP contribution is 2.32. The molecule has 134 valence electrons. The number of ether oxygens (including phenoxy) is 3. The van der Waals surface area contributed by atoms with E-state index in [4.69, 9.17) is 14.2 Å². The van der Waals surface area contributed by atoms with E-state index in [-0.39, 0.29) is 12.3 Å². The number of aromatic nitrogens is 1. The number of methoxy groups -OCH3 is 2. The van der Waals surface area contributed by atoms with Crippen LogP contribution in [0.15, 0.2) is 47.8 Å². The van der Waals surface area contributed by atoms with E-state index in [1.807, 2.05) is 29.6 Å². The zero-order valence-electron chi connectivity index (χ0n) is 14.2. The minimum absolute atomic E-state index is 0.0591. The third-order valence-electron chi connectivity index (χ3n) is 3.60. The summed E-state index contributed by atoms with van der Waals surface area (Å²) in [6, 6.07) is 11.9. The van der Waals surface area contributed by atoms with Crippen molar-refractivity contribution >= 4 is 17.0 Å². The second kappa shape index (κ2) is 7.83. The molecular formula is C18H16N2O5S. The van der Waals surface area contributed by atoms with Gasteiger partial charge in [-0.1, -0.05) is 12.1 Å². The summed E-state index contributed by atoms with van der Waals surface area (Å²) in [4.78, 5) is 15.0. The van der Waals surface area contributed by atoms with E-state index in [1.54, 1.807) is 7.11 Å². The second-order valence-corrected chi connectivity index (χ2v) is 6.12.